The van der Waals surface area contributed by atoms with Crippen LogP contribution >= 0.6 is 0 Å². The van der Waals surface area contributed by atoms with E-state index < -0.39 is 38.8 Å². The second kappa shape index (κ2) is 9.53. The first-order valence-corrected chi connectivity index (χ1v) is 12.4. The molecule has 0 saturated heterocycles. The number of nitrogens with one attached hydrogen (secondary N) is 1. The number of aromatic nitrogens is 3. The number of para-hydroxylation sites is 2. The highest BCUT2D eigenvalue weighted by atomic mass is 32.2. The third-order valence-electron chi connectivity index (χ3n) is 5.07. The molecule has 1 atom stereocenters. The van der Waals surface area contributed by atoms with E-state index in [2.05, 4.69) is 25.0 Å². The normalized spacial score (nSPS) is 12.8. The highest BCUT2D eigenvalue weighted by Crippen LogP contribution is 2.29. The van der Waals surface area contributed by atoms with Crippen molar-refractivity contribution in [3.05, 3.63) is 78.1 Å². The standard InChI is InChI=1S/C24H19F3N4O4S/c1-14(21-22(20-9-5-6-10-28-20)31-19-8-4-3-7-18(19)30-21)29-23(32)15-11-16(35-24(25,26)27)13-17(12-15)36(2,33)34/h3-14H,1-2H3,(H,29,32)/t14-/m0/s1. The van der Waals surface area contributed by atoms with E-state index in [1.54, 1.807) is 55.6 Å². The van der Waals surface area contributed by atoms with Crippen molar-refractivity contribution in [3.63, 3.8) is 0 Å². The molecule has 4 rings (SSSR count). The molecule has 186 valence electrons. The fourth-order valence-electron chi connectivity index (χ4n) is 3.46. The quantitative estimate of drug-likeness (QED) is 0.402. The molecule has 12 heteroatoms. The van der Waals surface area contributed by atoms with Gasteiger partial charge in [-0.1, -0.05) is 18.2 Å². The van der Waals surface area contributed by atoms with Gasteiger partial charge in [-0.15, -0.1) is 13.2 Å². The van der Waals surface area contributed by atoms with Crippen LogP contribution in [0.15, 0.2) is 71.8 Å². The zero-order chi connectivity index (χ0) is 26.1. The molecule has 8 nitrogen and oxygen atoms in total. The van der Waals surface area contributed by atoms with E-state index in [-0.39, 0.29) is 5.56 Å². The summed E-state index contributed by atoms with van der Waals surface area (Å²) in [6.45, 7) is 1.62. The third kappa shape index (κ3) is 5.77. The van der Waals surface area contributed by atoms with Crippen molar-refractivity contribution in [2.75, 3.05) is 6.26 Å². The predicted molar refractivity (Wildman–Crippen MR) is 125 cm³/mol. The fourth-order valence-corrected chi connectivity index (χ4v) is 4.14. The molecular weight excluding hydrogens is 497 g/mol. The van der Waals surface area contributed by atoms with E-state index in [0.29, 0.717) is 34.2 Å². The Bertz CT molecular complexity index is 1540. The Labute approximate surface area is 204 Å². The Hall–Kier alpha value is -4.06. The lowest BCUT2D eigenvalue weighted by Gasteiger charge is -2.18. The summed E-state index contributed by atoms with van der Waals surface area (Å²) in [7, 11) is -3.94. The van der Waals surface area contributed by atoms with Gasteiger partial charge in [-0.3, -0.25) is 9.78 Å². The monoisotopic (exact) mass is 516 g/mol. The van der Waals surface area contributed by atoms with Crippen molar-refractivity contribution < 1.29 is 31.1 Å². The second-order valence-corrected chi connectivity index (χ2v) is 9.89. The summed E-state index contributed by atoms with van der Waals surface area (Å²) in [6, 6.07) is 14.1. The van der Waals surface area contributed by atoms with Crippen LogP contribution in [0.1, 0.15) is 29.0 Å². The van der Waals surface area contributed by atoms with Crippen LogP contribution in [0.25, 0.3) is 22.4 Å². The van der Waals surface area contributed by atoms with Gasteiger partial charge in [0.2, 0.25) is 0 Å². The number of nitrogens with zero attached hydrogens (tertiary/aromatic N) is 3. The van der Waals surface area contributed by atoms with Crippen LogP contribution in [0.4, 0.5) is 13.2 Å². The summed E-state index contributed by atoms with van der Waals surface area (Å²) in [5.74, 6) is -1.66. The first-order valence-electron chi connectivity index (χ1n) is 10.5. The minimum atomic E-state index is -5.07. The average Bonchev–Trinajstić information content (AvgIpc) is 2.82. The molecule has 2 heterocycles. The van der Waals surface area contributed by atoms with E-state index >= 15 is 0 Å². The van der Waals surface area contributed by atoms with Gasteiger partial charge in [0, 0.05) is 18.0 Å². The number of halogens is 3. The number of hydrogen-bond acceptors (Lipinski definition) is 7. The van der Waals surface area contributed by atoms with Gasteiger partial charge in [0.1, 0.15) is 11.4 Å². The van der Waals surface area contributed by atoms with Gasteiger partial charge in [0.05, 0.1) is 33.4 Å². The number of carbonyl (C=O) groups excluding carboxylic acids is 1. The zero-order valence-electron chi connectivity index (χ0n) is 18.9. The van der Waals surface area contributed by atoms with Crippen LogP contribution in [-0.4, -0.2) is 41.9 Å². The van der Waals surface area contributed by atoms with E-state index in [0.717, 1.165) is 18.4 Å². The van der Waals surface area contributed by atoms with Crippen LogP contribution in [0.2, 0.25) is 0 Å². The molecule has 0 saturated carbocycles. The van der Waals surface area contributed by atoms with Crippen molar-refractivity contribution in [2.45, 2.75) is 24.2 Å². The summed E-state index contributed by atoms with van der Waals surface area (Å²) in [5, 5.41) is 2.66. The van der Waals surface area contributed by atoms with Gasteiger partial charge >= 0.3 is 6.36 Å². The molecule has 0 fully saturated rings. The fraction of sp³-hybridized carbons (Fsp3) is 0.167. The lowest BCUT2D eigenvalue weighted by Crippen LogP contribution is -2.28. The number of rotatable bonds is 6. The first-order chi connectivity index (χ1) is 16.9. The minimum Gasteiger partial charge on any atom is -0.406 e. The van der Waals surface area contributed by atoms with Crippen LogP contribution in [-0.2, 0) is 9.84 Å². The average molecular weight is 517 g/mol. The molecule has 0 aliphatic carbocycles. The first kappa shape index (κ1) is 25.0. The summed E-state index contributed by atoms with van der Waals surface area (Å²) in [4.78, 5) is 26.1. The summed E-state index contributed by atoms with van der Waals surface area (Å²) in [6.07, 6.45) is -2.68. The molecule has 0 unspecified atom stereocenters. The SMILES string of the molecule is C[C@H](NC(=O)c1cc(OC(F)(F)F)cc(S(C)(=O)=O)c1)c1nc2ccccc2nc1-c1ccccn1. The van der Waals surface area contributed by atoms with E-state index in [4.69, 9.17) is 0 Å². The largest absolute Gasteiger partial charge is 0.573 e. The minimum absolute atomic E-state index is 0.336. The molecule has 36 heavy (non-hydrogen) atoms. The second-order valence-electron chi connectivity index (χ2n) is 7.87. The van der Waals surface area contributed by atoms with Crippen molar-refractivity contribution in [1.82, 2.24) is 20.3 Å². The molecule has 2 aromatic heterocycles. The molecule has 1 N–H and O–H groups in total. The Morgan fingerprint density at radius 2 is 1.67 bits per heavy atom. The number of hydrogen-bond donors (Lipinski definition) is 1. The Morgan fingerprint density at radius 1 is 1.00 bits per heavy atom. The Balaban J connectivity index is 1.73. The van der Waals surface area contributed by atoms with E-state index in [1.165, 1.54) is 0 Å². The smallest absolute Gasteiger partial charge is 0.406 e. The lowest BCUT2D eigenvalue weighted by molar-refractivity contribution is -0.274. The maximum absolute atomic E-state index is 13.0. The topological polar surface area (TPSA) is 111 Å². The van der Waals surface area contributed by atoms with Crippen molar-refractivity contribution >= 4 is 26.8 Å². The van der Waals surface area contributed by atoms with Crippen LogP contribution < -0.4 is 10.1 Å². The summed E-state index contributed by atoms with van der Waals surface area (Å²) < 4.78 is 66.2. The molecule has 0 bridgehead atoms. The predicted octanol–water partition coefficient (Wildman–Crippen LogP) is 4.48. The maximum atomic E-state index is 13.0. The third-order valence-corrected chi connectivity index (χ3v) is 6.16. The van der Waals surface area contributed by atoms with Crippen molar-refractivity contribution in [2.24, 2.45) is 0 Å². The number of sulfone groups is 1. The van der Waals surface area contributed by atoms with Crippen LogP contribution in [0, 0.1) is 0 Å². The molecule has 1 amide bonds. The Kier molecular flexibility index (Phi) is 6.63. The highest BCUT2D eigenvalue weighted by Gasteiger charge is 2.32. The van der Waals surface area contributed by atoms with E-state index in [9.17, 15) is 26.4 Å². The molecule has 0 radical (unpaired) electrons. The number of amides is 1. The van der Waals surface area contributed by atoms with Crippen molar-refractivity contribution in [1.29, 1.82) is 0 Å². The van der Waals surface area contributed by atoms with Gasteiger partial charge in [-0.25, -0.2) is 18.4 Å². The zero-order valence-corrected chi connectivity index (χ0v) is 19.8. The number of fused-ring (bicyclic) bond motifs is 1. The molecule has 0 aliphatic heterocycles. The molecule has 2 aromatic carbocycles. The van der Waals surface area contributed by atoms with Gasteiger partial charge < -0.3 is 10.1 Å². The number of pyridine rings is 1. The number of carbonyl (C=O) groups is 1. The van der Waals surface area contributed by atoms with Gasteiger partial charge in [0.25, 0.3) is 5.91 Å². The lowest BCUT2D eigenvalue weighted by atomic mass is 10.1. The molecule has 4 aromatic rings. The van der Waals surface area contributed by atoms with E-state index in [1.807, 2.05) is 0 Å². The number of alkyl halides is 3. The highest BCUT2D eigenvalue weighted by molar-refractivity contribution is 7.90. The van der Waals surface area contributed by atoms with Gasteiger partial charge in [-0.05, 0) is 49.4 Å². The summed E-state index contributed by atoms with van der Waals surface area (Å²) >= 11 is 0. The number of benzene rings is 2. The van der Waals surface area contributed by atoms with Gasteiger partial charge in [0.15, 0.2) is 9.84 Å². The molecular formula is C24H19F3N4O4S. The van der Waals surface area contributed by atoms with Gasteiger partial charge in [-0.2, -0.15) is 0 Å². The molecule has 0 spiro atoms. The van der Waals surface area contributed by atoms with Crippen LogP contribution in [0.3, 0.4) is 0 Å². The van der Waals surface area contributed by atoms with Crippen molar-refractivity contribution in [3.8, 4) is 17.1 Å². The van der Waals surface area contributed by atoms with Crippen LogP contribution in [0.5, 0.6) is 5.75 Å². The summed E-state index contributed by atoms with van der Waals surface area (Å²) in [5.41, 5.74) is 2.12. The maximum Gasteiger partial charge on any atom is 0.573 e. The Morgan fingerprint density at radius 3 is 2.28 bits per heavy atom. The number of ether oxygens (including phenoxy) is 1. The molecule has 0 aliphatic rings.